The van der Waals surface area contributed by atoms with Crippen LogP contribution in [0.3, 0.4) is 0 Å². The highest BCUT2D eigenvalue weighted by molar-refractivity contribution is 5.96. The van der Waals surface area contributed by atoms with Crippen molar-refractivity contribution >= 4 is 22.3 Å². The van der Waals surface area contributed by atoms with Gasteiger partial charge in [-0.2, -0.15) is 9.97 Å². The second kappa shape index (κ2) is 9.87. The Bertz CT molecular complexity index is 1600. The highest BCUT2D eigenvalue weighted by atomic mass is 19.2. The summed E-state index contributed by atoms with van der Waals surface area (Å²) in [5.74, 6) is -1.07. The largest absolute Gasteiger partial charge is 0.508 e. The third-order valence-corrected chi connectivity index (χ3v) is 10.0. The standard InChI is InChI=1S/C31H35F3N6O2/c32-19-12-31(7-1-8-39(31)14-19)17-42-30-36-25-16-38(26-11-22(41)10-18-2-5-24(33)28(34)27(18)26)9-6-23(25)29(37-30)40-15-20-3-4-21(40)13-35-20/h2,5,10-11,19-21,35,41H,1,3-4,6-9,12-17H2/t19-,20?,21?,31+/m1/s1/i19D. The predicted octanol–water partition coefficient (Wildman–Crippen LogP) is 4.07. The molecule has 6 aliphatic rings. The topological polar surface area (TPSA) is 77.0 Å². The number of piperazine rings is 1. The van der Waals surface area contributed by atoms with Crippen LogP contribution < -0.4 is 19.9 Å². The summed E-state index contributed by atoms with van der Waals surface area (Å²) in [7, 11) is 0. The lowest BCUT2D eigenvalue weighted by molar-refractivity contribution is 0.107. The Hall–Kier alpha value is -3.31. The molecule has 2 N–H and O–H groups in total. The van der Waals surface area contributed by atoms with Crippen LogP contribution in [-0.4, -0.2) is 83.1 Å². The fourth-order valence-electron chi connectivity index (χ4n) is 7.95. The van der Waals surface area contributed by atoms with Gasteiger partial charge in [0, 0.05) is 61.7 Å². The Balaban J connectivity index is 1.16. The lowest BCUT2D eigenvalue weighted by Crippen LogP contribution is -2.61. The van der Waals surface area contributed by atoms with Gasteiger partial charge >= 0.3 is 6.01 Å². The number of alkyl halides is 1. The van der Waals surface area contributed by atoms with Crippen molar-refractivity contribution in [1.82, 2.24) is 20.2 Å². The number of phenols is 1. The number of anilines is 2. The number of aromatic nitrogens is 2. The molecule has 2 bridgehead atoms. The molecular weight excluding hydrogens is 545 g/mol. The van der Waals surface area contributed by atoms with Crippen LogP contribution in [0.25, 0.3) is 10.8 Å². The molecular formula is C31H35F3N6O2. The Morgan fingerprint density at radius 2 is 2.07 bits per heavy atom. The first kappa shape index (κ1) is 25.2. The minimum atomic E-state index is -2.00. The number of aromatic hydroxyl groups is 1. The predicted molar refractivity (Wildman–Crippen MR) is 153 cm³/mol. The summed E-state index contributed by atoms with van der Waals surface area (Å²) in [5, 5.41) is 14.6. The monoisotopic (exact) mass is 581 g/mol. The van der Waals surface area contributed by atoms with Gasteiger partial charge in [0.05, 0.1) is 24.8 Å². The molecule has 8 nitrogen and oxygen atoms in total. The smallest absolute Gasteiger partial charge is 0.318 e. The van der Waals surface area contributed by atoms with E-state index in [9.17, 15) is 13.9 Å². The van der Waals surface area contributed by atoms with E-state index >= 15 is 4.39 Å². The van der Waals surface area contributed by atoms with Gasteiger partial charge in [0.15, 0.2) is 11.6 Å². The molecule has 11 heteroatoms. The first-order valence-corrected chi connectivity index (χ1v) is 15.0. The van der Waals surface area contributed by atoms with Gasteiger partial charge in [-0.05, 0) is 56.2 Å². The number of piperidine rings is 2. The quantitative estimate of drug-likeness (QED) is 0.467. The molecule has 9 rings (SSSR count). The van der Waals surface area contributed by atoms with Crippen LogP contribution in [0, 0.1) is 11.6 Å². The molecule has 1 aromatic heterocycles. The number of nitrogens with zero attached hydrogens (tertiary/aromatic N) is 5. The maximum Gasteiger partial charge on any atom is 0.318 e. The van der Waals surface area contributed by atoms with Crippen LogP contribution in [-0.2, 0) is 13.0 Å². The van der Waals surface area contributed by atoms with Crippen LogP contribution in [0.2, 0.25) is 0 Å². The molecule has 5 saturated heterocycles. The second-order valence-corrected chi connectivity index (χ2v) is 12.6. The number of halogens is 3. The van der Waals surface area contributed by atoms with Crippen molar-refractivity contribution in [2.45, 2.75) is 68.8 Å². The van der Waals surface area contributed by atoms with E-state index in [1.54, 1.807) is 0 Å². The number of rotatable bonds is 5. The van der Waals surface area contributed by atoms with Gasteiger partial charge in [0.2, 0.25) is 0 Å². The molecule has 0 amide bonds. The third-order valence-electron chi connectivity index (χ3n) is 10.0. The van der Waals surface area contributed by atoms with E-state index in [4.69, 9.17) is 16.1 Å². The number of phenolic OH excluding ortho intramolecular Hbond substituents is 1. The highest BCUT2D eigenvalue weighted by Gasteiger charge is 2.49. The lowest BCUT2D eigenvalue weighted by Gasteiger charge is -2.47. The SMILES string of the molecule is [2H][C@]1(F)CN2CCC[C@@]2(COc2nc3c(c(N4CC5CCC4CN5)n2)CCN(c2cc(O)cc4ccc(F)c(F)c24)C3)C1. The van der Waals surface area contributed by atoms with Gasteiger partial charge in [0.1, 0.15) is 24.3 Å². The molecule has 5 fully saturated rings. The van der Waals surface area contributed by atoms with Crippen LogP contribution in [0.1, 0.15) is 44.7 Å². The first-order valence-electron chi connectivity index (χ1n) is 15.5. The summed E-state index contributed by atoms with van der Waals surface area (Å²) in [6, 6.07) is 6.35. The number of fused-ring (bicyclic) bond motifs is 6. The summed E-state index contributed by atoms with van der Waals surface area (Å²) in [4.78, 5) is 16.1. The molecule has 6 aliphatic heterocycles. The van der Waals surface area contributed by atoms with Crippen LogP contribution in [0.4, 0.5) is 24.7 Å². The molecule has 222 valence electrons. The molecule has 2 unspecified atom stereocenters. The van der Waals surface area contributed by atoms with Gasteiger partial charge in [-0.3, -0.25) is 4.90 Å². The van der Waals surface area contributed by atoms with Gasteiger partial charge < -0.3 is 25.0 Å². The van der Waals surface area contributed by atoms with Crippen molar-refractivity contribution in [3.8, 4) is 11.8 Å². The van der Waals surface area contributed by atoms with E-state index < -0.39 is 23.3 Å². The molecule has 42 heavy (non-hydrogen) atoms. The molecule has 2 aromatic carbocycles. The average Bonchev–Trinajstić information content (AvgIpc) is 3.49. The van der Waals surface area contributed by atoms with E-state index in [1.165, 1.54) is 18.2 Å². The minimum Gasteiger partial charge on any atom is -0.508 e. The Morgan fingerprint density at radius 3 is 2.88 bits per heavy atom. The molecule has 3 aromatic rings. The second-order valence-electron chi connectivity index (χ2n) is 12.6. The average molecular weight is 582 g/mol. The lowest BCUT2D eigenvalue weighted by atomic mass is 9.92. The molecule has 0 radical (unpaired) electrons. The summed E-state index contributed by atoms with van der Waals surface area (Å²) in [6.07, 6.45) is 2.57. The summed E-state index contributed by atoms with van der Waals surface area (Å²) >= 11 is 0. The van der Waals surface area contributed by atoms with Gasteiger partial charge in [-0.15, -0.1) is 0 Å². The zero-order chi connectivity index (χ0) is 29.5. The zero-order valence-corrected chi connectivity index (χ0v) is 23.4. The van der Waals surface area contributed by atoms with Gasteiger partial charge in [-0.25, -0.2) is 13.2 Å². The summed E-state index contributed by atoms with van der Waals surface area (Å²) in [5.41, 5.74) is 1.62. The van der Waals surface area contributed by atoms with Crippen molar-refractivity contribution < 1.29 is 24.4 Å². The van der Waals surface area contributed by atoms with Crippen LogP contribution >= 0.6 is 0 Å². The van der Waals surface area contributed by atoms with E-state index in [0.29, 0.717) is 42.7 Å². The van der Waals surface area contributed by atoms with Crippen molar-refractivity contribution in [3.05, 3.63) is 47.2 Å². The fraction of sp³-hybridized carbons (Fsp3) is 0.548. The van der Waals surface area contributed by atoms with Crippen molar-refractivity contribution in [2.75, 3.05) is 49.1 Å². The van der Waals surface area contributed by atoms with E-state index in [1.807, 2.05) is 9.80 Å². The minimum absolute atomic E-state index is 0.0289. The number of nitrogens with one attached hydrogen (secondary N) is 1. The van der Waals surface area contributed by atoms with Crippen LogP contribution in [0.15, 0.2) is 24.3 Å². The number of hydrogen-bond acceptors (Lipinski definition) is 8. The Kier molecular flexibility index (Phi) is 5.93. The van der Waals surface area contributed by atoms with E-state index in [-0.39, 0.29) is 36.7 Å². The first-order chi connectivity index (χ1) is 20.7. The summed E-state index contributed by atoms with van der Waals surface area (Å²) < 4.78 is 58.6. The number of ether oxygens (including phenoxy) is 1. The molecule has 0 saturated carbocycles. The van der Waals surface area contributed by atoms with Crippen LogP contribution in [0.5, 0.6) is 11.8 Å². The molecule has 0 spiro atoms. The zero-order valence-electron chi connectivity index (χ0n) is 24.4. The van der Waals surface area contributed by atoms with E-state index in [2.05, 4.69) is 10.2 Å². The Labute approximate surface area is 243 Å². The van der Waals surface area contributed by atoms with Crippen molar-refractivity contribution in [3.63, 3.8) is 0 Å². The van der Waals surface area contributed by atoms with Crippen molar-refractivity contribution in [1.29, 1.82) is 0 Å². The van der Waals surface area contributed by atoms with Gasteiger partial charge in [-0.1, -0.05) is 6.07 Å². The van der Waals surface area contributed by atoms with Gasteiger partial charge in [0.25, 0.3) is 0 Å². The third kappa shape index (κ3) is 4.26. The molecule has 0 aliphatic carbocycles. The molecule has 7 heterocycles. The Morgan fingerprint density at radius 1 is 1.17 bits per heavy atom. The summed E-state index contributed by atoms with van der Waals surface area (Å²) in [6.45, 7) is 3.56. The highest BCUT2D eigenvalue weighted by Crippen LogP contribution is 2.42. The maximum absolute atomic E-state index is 15.1. The number of benzene rings is 2. The molecule has 4 atom stereocenters. The fourth-order valence-corrected chi connectivity index (χ4v) is 7.95. The van der Waals surface area contributed by atoms with Crippen molar-refractivity contribution in [2.24, 2.45) is 0 Å². The maximum atomic E-state index is 15.1. The number of hydrogen-bond donors (Lipinski definition) is 2. The van der Waals surface area contributed by atoms with E-state index in [0.717, 1.165) is 68.5 Å². The normalized spacial score (nSPS) is 31.0.